The van der Waals surface area contributed by atoms with Crippen molar-refractivity contribution >= 4 is 21.9 Å². The summed E-state index contributed by atoms with van der Waals surface area (Å²) >= 11 is 0. The fourth-order valence-corrected chi connectivity index (χ4v) is 8.79. The van der Waals surface area contributed by atoms with E-state index in [0.717, 1.165) is 21.9 Å². The van der Waals surface area contributed by atoms with Gasteiger partial charge in [-0.05, 0) is 97.1 Å². The molecule has 1 nitrogen and oxygen atoms in total. The van der Waals surface area contributed by atoms with Crippen molar-refractivity contribution in [2.75, 3.05) is 0 Å². The standard InChI is InChI=1S/C46H32O/c1-45(2)39-19-11-9-17-33(39)35-25-29(21-23-40(35)45)30-22-24-43-37(26-30)38-27-36-34-18-10-12-20-41(34)46(31-13-5-3-6-14-31,32-15-7-4-8-16-32)42(36)28-44(38)47-43/h3-28H,1-2H3. The van der Waals surface area contributed by atoms with Crippen LogP contribution >= 0.6 is 0 Å². The second kappa shape index (κ2) is 9.44. The van der Waals surface area contributed by atoms with Gasteiger partial charge >= 0.3 is 0 Å². The lowest BCUT2D eigenvalue weighted by Gasteiger charge is -2.33. The van der Waals surface area contributed by atoms with Crippen LogP contribution in [0.25, 0.3) is 55.3 Å². The van der Waals surface area contributed by atoms with Crippen LogP contribution in [-0.4, -0.2) is 0 Å². The monoisotopic (exact) mass is 600 g/mol. The van der Waals surface area contributed by atoms with Gasteiger partial charge in [-0.25, -0.2) is 0 Å². The highest BCUT2D eigenvalue weighted by molar-refractivity contribution is 6.09. The quantitative estimate of drug-likeness (QED) is 0.197. The van der Waals surface area contributed by atoms with E-state index in [1.165, 1.54) is 66.8 Å². The second-order valence-electron chi connectivity index (χ2n) is 13.7. The van der Waals surface area contributed by atoms with E-state index in [1.54, 1.807) is 0 Å². The van der Waals surface area contributed by atoms with Gasteiger partial charge in [0.15, 0.2) is 0 Å². The van der Waals surface area contributed by atoms with E-state index >= 15 is 0 Å². The maximum atomic E-state index is 6.68. The van der Waals surface area contributed by atoms with Crippen LogP contribution < -0.4 is 0 Å². The zero-order valence-electron chi connectivity index (χ0n) is 26.4. The van der Waals surface area contributed by atoms with Crippen LogP contribution in [0, 0.1) is 0 Å². The van der Waals surface area contributed by atoms with Gasteiger partial charge in [0.05, 0.1) is 5.41 Å². The molecule has 7 aromatic carbocycles. The molecule has 0 atom stereocenters. The Morgan fingerprint density at radius 1 is 0.383 bits per heavy atom. The third kappa shape index (κ3) is 3.49. The van der Waals surface area contributed by atoms with Crippen LogP contribution in [0.2, 0.25) is 0 Å². The molecule has 1 aromatic heterocycles. The third-order valence-corrected chi connectivity index (χ3v) is 11.0. The molecule has 222 valence electrons. The Bertz CT molecular complexity index is 2490. The van der Waals surface area contributed by atoms with E-state index in [-0.39, 0.29) is 5.41 Å². The smallest absolute Gasteiger partial charge is 0.135 e. The van der Waals surface area contributed by atoms with Gasteiger partial charge in [0.1, 0.15) is 11.2 Å². The van der Waals surface area contributed by atoms with Gasteiger partial charge in [-0.2, -0.15) is 0 Å². The molecule has 0 fully saturated rings. The Morgan fingerprint density at radius 3 is 1.64 bits per heavy atom. The third-order valence-electron chi connectivity index (χ3n) is 11.0. The Kier molecular flexibility index (Phi) is 5.33. The zero-order valence-corrected chi connectivity index (χ0v) is 26.4. The summed E-state index contributed by atoms with van der Waals surface area (Å²) in [6.45, 7) is 4.67. The van der Waals surface area contributed by atoms with E-state index in [4.69, 9.17) is 4.42 Å². The highest BCUT2D eigenvalue weighted by atomic mass is 16.3. The first-order valence-corrected chi connectivity index (χ1v) is 16.5. The summed E-state index contributed by atoms with van der Waals surface area (Å²) in [6.07, 6.45) is 0. The van der Waals surface area contributed by atoms with Crippen molar-refractivity contribution in [3.05, 3.63) is 191 Å². The second-order valence-corrected chi connectivity index (χ2v) is 13.7. The lowest BCUT2D eigenvalue weighted by atomic mass is 9.67. The fourth-order valence-electron chi connectivity index (χ4n) is 8.79. The lowest BCUT2D eigenvalue weighted by molar-refractivity contribution is 0.660. The largest absolute Gasteiger partial charge is 0.456 e. The number of furan rings is 1. The molecule has 0 saturated carbocycles. The topological polar surface area (TPSA) is 13.1 Å². The van der Waals surface area contributed by atoms with Crippen molar-refractivity contribution in [2.24, 2.45) is 0 Å². The highest BCUT2D eigenvalue weighted by Gasteiger charge is 2.46. The van der Waals surface area contributed by atoms with E-state index in [9.17, 15) is 0 Å². The van der Waals surface area contributed by atoms with Crippen molar-refractivity contribution in [1.82, 2.24) is 0 Å². The average molecular weight is 601 g/mol. The van der Waals surface area contributed by atoms with Crippen LogP contribution in [0.4, 0.5) is 0 Å². The number of hydrogen-bond acceptors (Lipinski definition) is 1. The Balaban J connectivity index is 1.20. The van der Waals surface area contributed by atoms with Gasteiger partial charge in [-0.3, -0.25) is 0 Å². The normalized spacial score (nSPS) is 14.9. The summed E-state index contributed by atoms with van der Waals surface area (Å²) < 4.78 is 6.68. The summed E-state index contributed by atoms with van der Waals surface area (Å²) in [6, 6.07) is 58.1. The molecule has 47 heavy (non-hydrogen) atoms. The SMILES string of the molecule is CC1(C)c2ccccc2-c2cc(-c3ccc4oc5cc6c(cc5c4c3)-c3ccccc3C6(c3ccccc3)c3ccccc3)ccc21. The number of fused-ring (bicyclic) bond motifs is 9. The van der Waals surface area contributed by atoms with Gasteiger partial charge < -0.3 is 4.42 Å². The molecule has 0 saturated heterocycles. The van der Waals surface area contributed by atoms with E-state index in [2.05, 4.69) is 172 Å². The van der Waals surface area contributed by atoms with Crippen LogP contribution in [0.15, 0.2) is 162 Å². The minimum atomic E-state index is -0.443. The molecule has 0 radical (unpaired) electrons. The number of hydrogen-bond donors (Lipinski definition) is 0. The molecule has 0 spiro atoms. The van der Waals surface area contributed by atoms with Gasteiger partial charge in [0.2, 0.25) is 0 Å². The molecule has 1 heterocycles. The molecule has 2 aliphatic carbocycles. The number of benzene rings is 7. The first kappa shape index (κ1) is 26.5. The average Bonchev–Trinajstić information content (AvgIpc) is 3.71. The predicted octanol–water partition coefficient (Wildman–Crippen LogP) is 11.9. The Labute approximate surface area is 274 Å². The molecule has 2 aliphatic rings. The van der Waals surface area contributed by atoms with Crippen molar-refractivity contribution in [2.45, 2.75) is 24.7 Å². The fraction of sp³-hybridized carbons (Fsp3) is 0.0870. The van der Waals surface area contributed by atoms with Crippen LogP contribution in [0.3, 0.4) is 0 Å². The van der Waals surface area contributed by atoms with E-state index < -0.39 is 5.41 Å². The van der Waals surface area contributed by atoms with Gasteiger partial charge in [-0.15, -0.1) is 0 Å². The summed E-state index contributed by atoms with van der Waals surface area (Å²) in [5.74, 6) is 0. The molecule has 0 aliphatic heterocycles. The molecule has 0 unspecified atom stereocenters. The van der Waals surface area contributed by atoms with Crippen molar-refractivity contribution in [3.8, 4) is 33.4 Å². The minimum absolute atomic E-state index is 0.000558. The maximum absolute atomic E-state index is 6.68. The first-order valence-electron chi connectivity index (χ1n) is 16.5. The number of rotatable bonds is 3. The Morgan fingerprint density at radius 2 is 0.915 bits per heavy atom. The van der Waals surface area contributed by atoms with Crippen LogP contribution in [0.1, 0.15) is 47.2 Å². The Hall–Kier alpha value is -5.66. The molecular formula is C46H32O. The lowest BCUT2D eigenvalue weighted by Crippen LogP contribution is -2.28. The minimum Gasteiger partial charge on any atom is -0.456 e. The molecule has 0 bridgehead atoms. The van der Waals surface area contributed by atoms with E-state index in [1.807, 2.05) is 0 Å². The van der Waals surface area contributed by atoms with Gasteiger partial charge in [0, 0.05) is 16.2 Å². The van der Waals surface area contributed by atoms with Gasteiger partial charge in [0.25, 0.3) is 0 Å². The van der Waals surface area contributed by atoms with Crippen molar-refractivity contribution in [1.29, 1.82) is 0 Å². The predicted molar refractivity (Wildman–Crippen MR) is 194 cm³/mol. The molecular weight excluding hydrogens is 569 g/mol. The van der Waals surface area contributed by atoms with Crippen molar-refractivity contribution < 1.29 is 4.42 Å². The molecule has 10 rings (SSSR count). The molecule has 8 aromatic rings. The molecule has 0 N–H and O–H groups in total. The summed E-state index contributed by atoms with van der Waals surface area (Å²) in [5.41, 5.74) is 17.0. The van der Waals surface area contributed by atoms with Crippen molar-refractivity contribution in [3.63, 3.8) is 0 Å². The summed E-state index contributed by atoms with van der Waals surface area (Å²) in [4.78, 5) is 0. The zero-order chi connectivity index (χ0) is 31.3. The van der Waals surface area contributed by atoms with Gasteiger partial charge in [-0.1, -0.05) is 141 Å². The summed E-state index contributed by atoms with van der Waals surface area (Å²) in [5, 5.41) is 2.30. The highest BCUT2D eigenvalue weighted by Crippen LogP contribution is 2.57. The van der Waals surface area contributed by atoms with Crippen LogP contribution in [-0.2, 0) is 10.8 Å². The molecule has 1 heteroatoms. The molecule has 0 amide bonds. The first-order chi connectivity index (χ1) is 23.0. The van der Waals surface area contributed by atoms with E-state index in [0.29, 0.717) is 0 Å². The maximum Gasteiger partial charge on any atom is 0.135 e. The summed E-state index contributed by atoms with van der Waals surface area (Å²) in [7, 11) is 0. The van der Waals surface area contributed by atoms with Crippen LogP contribution in [0.5, 0.6) is 0 Å².